The molecule has 0 spiro atoms. The summed E-state index contributed by atoms with van der Waals surface area (Å²) >= 11 is 0. The second-order valence-electron chi connectivity index (χ2n) is 4.10. The number of nitrogen functional groups attached to an aromatic ring is 1. The van der Waals surface area contributed by atoms with Crippen LogP contribution in [0.4, 0.5) is 11.4 Å². The van der Waals surface area contributed by atoms with Crippen LogP contribution >= 0.6 is 0 Å². The quantitative estimate of drug-likeness (QED) is 0.827. The number of carbonyl (C=O) groups is 1. The third-order valence-electron chi connectivity index (χ3n) is 2.65. The van der Waals surface area contributed by atoms with Crippen molar-refractivity contribution in [2.45, 2.75) is 6.92 Å². The highest BCUT2D eigenvalue weighted by Gasteiger charge is 2.10. The van der Waals surface area contributed by atoms with E-state index in [0.29, 0.717) is 22.7 Å². The van der Waals surface area contributed by atoms with E-state index in [1.54, 1.807) is 30.3 Å². The zero-order chi connectivity index (χ0) is 13.8. The molecular formula is C14H15N3O2. The number of nitrogens with one attached hydrogen (secondary N) is 1. The van der Waals surface area contributed by atoms with Gasteiger partial charge in [0.25, 0.3) is 5.91 Å². The highest BCUT2D eigenvalue weighted by molar-refractivity contribution is 6.05. The second-order valence-corrected chi connectivity index (χ2v) is 4.10. The molecule has 1 aromatic carbocycles. The minimum Gasteiger partial charge on any atom is -0.495 e. The van der Waals surface area contributed by atoms with Crippen molar-refractivity contribution >= 4 is 17.3 Å². The molecule has 2 rings (SSSR count). The predicted molar refractivity (Wildman–Crippen MR) is 74.3 cm³/mol. The van der Waals surface area contributed by atoms with Crippen LogP contribution < -0.4 is 15.8 Å². The lowest BCUT2D eigenvalue weighted by Gasteiger charge is -2.10. The molecule has 0 aliphatic carbocycles. The molecular weight excluding hydrogens is 242 g/mol. The van der Waals surface area contributed by atoms with Crippen LogP contribution in [-0.4, -0.2) is 18.0 Å². The topological polar surface area (TPSA) is 77.2 Å². The molecule has 0 radical (unpaired) electrons. The number of amides is 1. The van der Waals surface area contributed by atoms with Gasteiger partial charge in [-0.2, -0.15) is 0 Å². The molecule has 0 saturated heterocycles. The van der Waals surface area contributed by atoms with Crippen molar-refractivity contribution in [3.05, 3.63) is 47.8 Å². The lowest BCUT2D eigenvalue weighted by Crippen LogP contribution is -2.13. The van der Waals surface area contributed by atoms with Gasteiger partial charge >= 0.3 is 0 Å². The second kappa shape index (κ2) is 5.39. The molecule has 3 N–H and O–H groups in total. The molecule has 5 heteroatoms. The smallest absolute Gasteiger partial charge is 0.257 e. The maximum absolute atomic E-state index is 12.1. The molecule has 0 atom stereocenters. The van der Waals surface area contributed by atoms with Gasteiger partial charge in [0.05, 0.1) is 18.4 Å². The number of aromatic nitrogens is 1. The van der Waals surface area contributed by atoms with Gasteiger partial charge in [-0.25, -0.2) is 0 Å². The van der Waals surface area contributed by atoms with Crippen LogP contribution in [-0.2, 0) is 0 Å². The Morgan fingerprint density at radius 1 is 1.32 bits per heavy atom. The molecule has 0 aliphatic rings. The minimum atomic E-state index is -0.253. The number of hydrogen-bond acceptors (Lipinski definition) is 4. The molecule has 0 saturated carbocycles. The number of rotatable bonds is 3. The summed E-state index contributed by atoms with van der Waals surface area (Å²) in [6, 6.07) is 8.57. The average molecular weight is 257 g/mol. The molecule has 2 aromatic rings. The number of anilines is 2. The van der Waals surface area contributed by atoms with Gasteiger partial charge in [0, 0.05) is 17.6 Å². The lowest BCUT2D eigenvalue weighted by molar-refractivity contribution is 0.102. The molecule has 5 nitrogen and oxygen atoms in total. The van der Waals surface area contributed by atoms with E-state index in [4.69, 9.17) is 10.5 Å². The Kier molecular flexibility index (Phi) is 3.66. The molecule has 0 unspecified atom stereocenters. The van der Waals surface area contributed by atoms with Crippen molar-refractivity contribution in [3.63, 3.8) is 0 Å². The molecule has 0 fully saturated rings. The Labute approximate surface area is 111 Å². The van der Waals surface area contributed by atoms with E-state index < -0.39 is 0 Å². The van der Waals surface area contributed by atoms with Gasteiger partial charge in [-0.1, -0.05) is 0 Å². The van der Waals surface area contributed by atoms with Crippen LogP contribution in [0.5, 0.6) is 5.75 Å². The van der Waals surface area contributed by atoms with E-state index in [1.807, 2.05) is 6.92 Å². The third kappa shape index (κ3) is 3.01. The first-order chi connectivity index (χ1) is 9.10. The first-order valence-electron chi connectivity index (χ1n) is 5.77. The van der Waals surface area contributed by atoms with Crippen molar-refractivity contribution in [3.8, 4) is 5.75 Å². The fourth-order valence-electron chi connectivity index (χ4n) is 1.62. The molecule has 0 aliphatic heterocycles. The summed E-state index contributed by atoms with van der Waals surface area (Å²) < 4.78 is 5.17. The highest BCUT2D eigenvalue weighted by atomic mass is 16.5. The largest absolute Gasteiger partial charge is 0.495 e. The molecule has 0 bridgehead atoms. The van der Waals surface area contributed by atoms with E-state index in [9.17, 15) is 4.79 Å². The Morgan fingerprint density at radius 2 is 2.11 bits per heavy atom. The molecule has 1 aromatic heterocycles. The first-order valence-corrected chi connectivity index (χ1v) is 5.77. The number of pyridine rings is 1. The number of methoxy groups -OCH3 is 1. The van der Waals surface area contributed by atoms with Gasteiger partial charge in [0.2, 0.25) is 0 Å². The Morgan fingerprint density at radius 3 is 2.74 bits per heavy atom. The highest BCUT2D eigenvalue weighted by Crippen LogP contribution is 2.26. The van der Waals surface area contributed by atoms with E-state index in [-0.39, 0.29) is 5.91 Å². The number of benzene rings is 1. The maximum Gasteiger partial charge on any atom is 0.257 e. The summed E-state index contributed by atoms with van der Waals surface area (Å²) in [5.74, 6) is 0.305. The van der Waals surface area contributed by atoms with Gasteiger partial charge in [0.15, 0.2) is 0 Å². The van der Waals surface area contributed by atoms with E-state index in [1.165, 1.54) is 13.3 Å². The monoisotopic (exact) mass is 257 g/mol. The zero-order valence-electron chi connectivity index (χ0n) is 10.8. The van der Waals surface area contributed by atoms with Crippen LogP contribution in [0.2, 0.25) is 0 Å². The van der Waals surface area contributed by atoms with Crippen LogP contribution in [0, 0.1) is 6.92 Å². The third-order valence-corrected chi connectivity index (χ3v) is 2.65. The lowest BCUT2D eigenvalue weighted by atomic mass is 10.2. The summed E-state index contributed by atoms with van der Waals surface area (Å²) in [4.78, 5) is 16.1. The maximum atomic E-state index is 12.1. The van der Waals surface area contributed by atoms with E-state index >= 15 is 0 Å². The Balaban J connectivity index is 2.23. The summed E-state index contributed by atoms with van der Waals surface area (Å²) in [5, 5.41) is 2.75. The number of nitrogens with two attached hydrogens (primary N) is 1. The predicted octanol–water partition coefficient (Wildman–Crippen LogP) is 2.23. The molecule has 19 heavy (non-hydrogen) atoms. The van der Waals surface area contributed by atoms with Crippen molar-refractivity contribution in [2.75, 3.05) is 18.2 Å². The van der Waals surface area contributed by atoms with Gasteiger partial charge in [-0.15, -0.1) is 0 Å². The van der Waals surface area contributed by atoms with Crippen molar-refractivity contribution in [1.29, 1.82) is 0 Å². The average Bonchev–Trinajstić information content (AvgIpc) is 2.39. The number of aryl methyl sites for hydroxylation is 1. The first kappa shape index (κ1) is 12.9. The minimum absolute atomic E-state index is 0.253. The van der Waals surface area contributed by atoms with Gasteiger partial charge in [-0.3, -0.25) is 9.78 Å². The van der Waals surface area contributed by atoms with Crippen LogP contribution in [0.3, 0.4) is 0 Å². The van der Waals surface area contributed by atoms with Crippen LogP contribution in [0.25, 0.3) is 0 Å². The van der Waals surface area contributed by atoms with Gasteiger partial charge in [-0.05, 0) is 37.3 Å². The van der Waals surface area contributed by atoms with Crippen molar-refractivity contribution in [1.82, 2.24) is 4.98 Å². The molecule has 1 heterocycles. The number of carbonyl (C=O) groups excluding carboxylic acids is 1. The van der Waals surface area contributed by atoms with Crippen molar-refractivity contribution in [2.24, 2.45) is 0 Å². The standard InChI is InChI=1S/C14H15N3O2/c1-9-3-4-10(8-16-9)14(18)17-12-7-11(15)5-6-13(12)19-2/h3-8H,15H2,1-2H3,(H,17,18). The fourth-order valence-corrected chi connectivity index (χ4v) is 1.62. The van der Waals surface area contributed by atoms with Crippen molar-refractivity contribution < 1.29 is 9.53 Å². The number of nitrogens with zero attached hydrogens (tertiary/aromatic N) is 1. The zero-order valence-corrected chi connectivity index (χ0v) is 10.8. The summed E-state index contributed by atoms with van der Waals surface area (Å²) in [6.45, 7) is 1.86. The molecule has 1 amide bonds. The SMILES string of the molecule is COc1ccc(N)cc1NC(=O)c1ccc(C)nc1. The normalized spacial score (nSPS) is 10.0. The summed E-state index contributed by atoms with van der Waals surface area (Å²) in [7, 11) is 1.54. The number of ether oxygens (including phenoxy) is 1. The van der Waals surface area contributed by atoms with Gasteiger partial charge in [0.1, 0.15) is 5.75 Å². The number of hydrogen-bond donors (Lipinski definition) is 2. The Bertz CT molecular complexity index is 594. The Hall–Kier alpha value is -2.56. The summed E-state index contributed by atoms with van der Waals surface area (Å²) in [5.41, 5.74) is 8.13. The van der Waals surface area contributed by atoms with E-state index in [2.05, 4.69) is 10.3 Å². The van der Waals surface area contributed by atoms with E-state index in [0.717, 1.165) is 5.69 Å². The van der Waals surface area contributed by atoms with Crippen LogP contribution in [0.15, 0.2) is 36.5 Å². The molecule has 98 valence electrons. The van der Waals surface area contributed by atoms with Gasteiger partial charge < -0.3 is 15.8 Å². The van der Waals surface area contributed by atoms with Crippen LogP contribution in [0.1, 0.15) is 16.1 Å². The summed E-state index contributed by atoms with van der Waals surface area (Å²) in [6.07, 6.45) is 1.53. The fraction of sp³-hybridized carbons (Fsp3) is 0.143.